The van der Waals surface area contributed by atoms with Crippen molar-refractivity contribution in [2.75, 3.05) is 6.56 Å². The topological polar surface area (TPSA) is 9.23 Å². The second-order valence-electron chi connectivity index (χ2n) is 4.66. The van der Waals surface area contributed by atoms with Crippen LogP contribution in [0, 0.1) is 11.8 Å². The number of ether oxygens (including phenoxy) is 1. The SMILES string of the molecule is [2H]C([2H])(C)OC1(C)CC(CC(C)C)C1. The number of hydrogen-bond donors (Lipinski definition) is 0. The van der Waals surface area contributed by atoms with Crippen LogP contribution in [-0.2, 0) is 4.74 Å². The Bertz CT molecular complexity index is 190. The number of rotatable bonds is 4. The van der Waals surface area contributed by atoms with Crippen LogP contribution in [0.5, 0.6) is 0 Å². The lowest BCUT2D eigenvalue weighted by Crippen LogP contribution is -2.43. The van der Waals surface area contributed by atoms with Gasteiger partial charge in [-0.05, 0) is 44.9 Å². The molecular weight excluding hydrogens is 148 g/mol. The van der Waals surface area contributed by atoms with E-state index in [9.17, 15) is 0 Å². The lowest BCUT2D eigenvalue weighted by atomic mass is 9.69. The summed E-state index contributed by atoms with van der Waals surface area (Å²) in [5.41, 5.74) is -0.211. The highest BCUT2D eigenvalue weighted by Crippen LogP contribution is 2.43. The van der Waals surface area contributed by atoms with Crippen LogP contribution in [0.1, 0.15) is 49.7 Å². The van der Waals surface area contributed by atoms with E-state index in [1.165, 1.54) is 13.3 Å². The maximum atomic E-state index is 7.38. The molecule has 0 amide bonds. The average molecular weight is 172 g/mol. The van der Waals surface area contributed by atoms with Gasteiger partial charge in [-0.15, -0.1) is 0 Å². The van der Waals surface area contributed by atoms with Crippen molar-refractivity contribution in [1.29, 1.82) is 0 Å². The predicted octanol–water partition coefficient (Wildman–Crippen LogP) is 3.24. The minimum atomic E-state index is -1.49. The summed E-state index contributed by atoms with van der Waals surface area (Å²) in [6.07, 6.45) is 3.27. The molecule has 0 radical (unpaired) electrons. The summed E-state index contributed by atoms with van der Waals surface area (Å²) in [7, 11) is 0. The molecule has 0 saturated heterocycles. The molecule has 0 spiro atoms. The van der Waals surface area contributed by atoms with Gasteiger partial charge in [0.05, 0.1) is 8.34 Å². The van der Waals surface area contributed by atoms with Crippen molar-refractivity contribution in [2.45, 2.75) is 52.6 Å². The fraction of sp³-hybridized carbons (Fsp3) is 1.00. The van der Waals surface area contributed by atoms with E-state index in [0.717, 1.165) is 24.7 Å². The van der Waals surface area contributed by atoms with Crippen molar-refractivity contribution in [1.82, 2.24) is 0 Å². The van der Waals surface area contributed by atoms with E-state index in [4.69, 9.17) is 7.48 Å². The maximum Gasteiger partial charge on any atom is 0.0659 e. The maximum absolute atomic E-state index is 7.38. The predicted molar refractivity (Wildman–Crippen MR) is 52.2 cm³/mol. The summed E-state index contributed by atoms with van der Waals surface area (Å²) in [6, 6.07) is 0. The third-order valence-electron chi connectivity index (χ3n) is 2.59. The molecule has 1 saturated carbocycles. The molecule has 0 aromatic carbocycles. The first-order chi connectivity index (χ1) is 6.20. The molecular formula is C11H22O. The molecule has 1 aliphatic carbocycles. The van der Waals surface area contributed by atoms with Crippen molar-refractivity contribution in [3.05, 3.63) is 0 Å². The molecule has 1 aliphatic rings. The van der Waals surface area contributed by atoms with Crippen molar-refractivity contribution < 1.29 is 7.48 Å². The Balaban J connectivity index is 2.30. The fourth-order valence-electron chi connectivity index (χ4n) is 2.32. The van der Waals surface area contributed by atoms with Gasteiger partial charge in [-0.1, -0.05) is 13.8 Å². The lowest BCUT2D eigenvalue weighted by molar-refractivity contribution is -0.114. The first-order valence-corrected chi connectivity index (χ1v) is 4.90. The van der Waals surface area contributed by atoms with Gasteiger partial charge in [-0.3, -0.25) is 0 Å². The Hall–Kier alpha value is -0.0400. The zero-order valence-corrected chi connectivity index (χ0v) is 8.68. The summed E-state index contributed by atoms with van der Waals surface area (Å²) in [5, 5.41) is 0. The van der Waals surface area contributed by atoms with Crippen molar-refractivity contribution >= 4 is 0 Å². The standard InChI is InChI=1S/C11H22O/c1-5-12-11(4)7-10(8-11)6-9(2)3/h9-10H,5-8H2,1-4H3/i5D2. The molecule has 72 valence electrons. The third-order valence-corrected chi connectivity index (χ3v) is 2.59. The van der Waals surface area contributed by atoms with Crippen LogP contribution >= 0.6 is 0 Å². The van der Waals surface area contributed by atoms with Crippen LogP contribution in [0.25, 0.3) is 0 Å². The molecule has 1 heteroatoms. The summed E-state index contributed by atoms with van der Waals surface area (Å²) in [5.74, 6) is 1.48. The zero-order chi connectivity index (χ0) is 11.0. The normalized spacial score (nSPS) is 38.9. The van der Waals surface area contributed by atoms with Gasteiger partial charge in [0.15, 0.2) is 0 Å². The quantitative estimate of drug-likeness (QED) is 0.632. The second kappa shape index (κ2) is 3.78. The molecule has 0 bridgehead atoms. The van der Waals surface area contributed by atoms with Gasteiger partial charge < -0.3 is 4.74 Å². The highest BCUT2D eigenvalue weighted by Gasteiger charge is 2.40. The highest BCUT2D eigenvalue weighted by molar-refractivity contribution is 4.92. The monoisotopic (exact) mass is 172 g/mol. The summed E-state index contributed by atoms with van der Waals surface area (Å²) < 4.78 is 20.2. The van der Waals surface area contributed by atoms with E-state index in [-0.39, 0.29) is 5.60 Å². The summed E-state index contributed by atoms with van der Waals surface area (Å²) >= 11 is 0. The lowest BCUT2D eigenvalue weighted by Gasteiger charge is -2.45. The molecule has 0 N–H and O–H groups in total. The van der Waals surface area contributed by atoms with E-state index < -0.39 is 6.56 Å². The van der Waals surface area contributed by atoms with E-state index in [1.807, 2.05) is 6.92 Å². The van der Waals surface area contributed by atoms with Crippen LogP contribution in [0.4, 0.5) is 0 Å². The van der Waals surface area contributed by atoms with E-state index in [2.05, 4.69) is 13.8 Å². The van der Waals surface area contributed by atoms with Gasteiger partial charge in [0.25, 0.3) is 0 Å². The Morgan fingerprint density at radius 2 is 2.17 bits per heavy atom. The molecule has 0 aromatic heterocycles. The molecule has 0 heterocycles. The molecule has 0 unspecified atom stereocenters. The third kappa shape index (κ3) is 2.48. The summed E-state index contributed by atoms with van der Waals surface area (Å²) in [6.45, 7) is 6.47. The zero-order valence-electron chi connectivity index (χ0n) is 10.7. The largest absolute Gasteiger partial charge is 0.376 e. The van der Waals surface area contributed by atoms with Crippen molar-refractivity contribution in [3.63, 3.8) is 0 Å². The second-order valence-corrected chi connectivity index (χ2v) is 4.66. The smallest absolute Gasteiger partial charge is 0.0659 e. The van der Waals surface area contributed by atoms with Gasteiger partial charge in [0, 0.05) is 6.56 Å². The van der Waals surface area contributed by atoms with Gasteiger partial charge in [-0.25, -0.2) is 0 Å². The Morgan fingerprint density at radius 3 is 2.58 bits per heavy atom. The molecule has 1 rings (SSSR count). The van der Waals surface area contributed by atoms with E-state index in [0.29, 0.717) is 0 Å². The van der Waals surface area contributed by atoms with Crippen LogP contribution in [0.2, 0.25) is 0 Å². The van der Waals surface area contributed by atoms with Crippen LogP contribution < -0.4 is 0 Å². The average Bonchev–Trinajstić information content (AvgIpc) is 1.76. The first kappa shape index (κ1) is 7.37. The van der Waals surface area contributed by atoms with Crippen LogP contribution in [0.3, 0.4) is 0 Å². The molecule has 1 nitrogen and oxygen atoms in total. The molecule has 0 aliphatic heterocycles. The van der Waals surface area contributed by atoms with Gasteiger partial charge in [-0.2, -0.15) is 0 Å². The Kier molecular flexibility index (Phi) is 2.32. The van der Waals surface area contributed by atoms with Crippen molar-refractivity contribution in [3.8, 4) is 0 Å². The number of hydrogen-bond acceptors (Lipinski definition) is 1. The van der Waals surface area contributed by atoms with Crippen LogP contribution in [0.15, 0.2) is 0 Å². The summed E-state index contributed by atoms with van der Waals surface area (Å²) in [4.78, 5) is 0. The van der Waals surface area contributed by atoms with Gasteiger partial charge in [0.1, 0.15) is 0 Å². The Morgan fingerprint density at radius 1 is 1.58 bits per heavy atom. The minimum Gasteiger partial charge on any atom is -0.376 e. The highest BCUT2D eigenvalue weighted by atomic mass is 16.5. The Labute approximate surface area is 79.3 Å². The van der Waals surface area contributed by atoms with Crippen LogP contribution in [-0.4, -0.2) is 12.2 Å². The van der Waals surface area contributed by atoms with E-state index >= 15 is 0 Å². The molecule has 12 heavy (non-hydrogen) atoms. The first-order valence-electron chi connectivity index (χ1n) is 5.90. The van der Waals surface area contributed by atoms with Gasteiger partial charge >= 0.3 is 0 Å². The van der Waals surface area contributed by atoms with Gasteiger partial charge in [0.2, 0.25) is 0 Å². The minimum absolute atomic E-state index is 0.211. The van der Waals surface area contributed by atoms with Crippen molar-refractivity contribution in [2.24, 2.45) is 11.8 Å². The fourth-order valence-corrected chi connectivity index (χ4v) is 2.32. The molecule has 0 aromatic rings. The molecule has 0 atom stereocenters. The van der Waals surface area contributed by atoms with E-state index in [1.54, 1.807) is 0 Å². The molecule has 1 fully saturated rings.